The van der Waals surface area contributed by atoms with E-state index in [0.717, 1.165) is 0 Å². The lowest BCUT2D eigenvalue weighted by atomic mass is 10.2. The van der Waals surface area contributed by atoms with Gasteiger partial charge in [-0.1, -0.05) is 0 Å². The number of hydrogen-bond donors (Lipinski definition) is 1. The van der Waals surface area contributed by atoms with Crippen molar-refractivity contribution >= 4 is 17.0 Å². The number of oxazole rings is 1. The Hall–Kier alpha value is -3.30. The van der Waals surface area contributed by atoms with Crippen molar-refractivity contribution < 1.29 is 31.9 Å². The number of halogens is 3. The molecule has 0 bridgehead atoms. The predicted molar refractivity (Wildman–Crippen MR) is 105 cm³/mol. The molecule has 31 heavy (non-hydrogen) atoms. The summed E-state index contributed by atoms with van der Waals surface area (Å²) in [4.78, 5) is 19.5. The van der Waals surface area contributed by atoms with Crippen molar-refractivity contribution in [3.8, 4) is 23.1 Å². The molecule has 1 aromatic carbocycles. The Bertz CT molecular complexity index is 1120. The van der Waals surface area contributed by atoms with E-state index < -0.39 is 17.7 Å². The van der Waals surface area contributed by atoms with Crippen LogP contribution in [0, 0.1) is 11.7 Å². The summed E-state index contributed by atoms with van der Waals surface area (Å²) >= 11 is 0. The molecule has 4 rings (SSSR count). The van der Waals surface area contributed by atoms with Crippen LogP contribution in [0.15, 0.2) is 34.9 Å². The fourth-order valence-corrected chi connectivity index (χ4v) is 3.01. The van der Waals surface area contributed by atoms with Crippen LogP contribution in [0.2, 0.25) is 0 Å². The molecule has 2 aromatic heterocycles. The Morgan fingerprint density at radius 2 is 2.13 bits per heavy atom. The number of ether oxygens (including phenoxy) is 2. The van der Waals surface area contributed by atoms with Gasteiger partial charge in [0.25, 0.3) is 5.92 Å². The van der Waals surface area contributed by atoms with E-state index in [4.69, 9.17) is 13.9 Å². The molecule has 3 aromatic rings. The van der Waals surface area contributed by atoms with Crippen LogP contribution in [0.3, 0.4) is 0 Å². The number of nitrogens with zero attached hydrogens (tertiary/aromatic N) is 2. The topological polar surface area (TPSA) is 86.5 Å². The number of carbonyl (C=O) groups is 1. The van der Waals surface area contributed by atoms with E-state index in [1.165, 1.54) is 31.3 Å². The van der Waals surface area contributed by atoms with Gasteiger partial charge in [0.15, 0.2) is 17.1 Å². The summed E-state index contributed by atoms with van der Waals surface area (Å²) in [5.41, 5.74) is 1.21. The fourth-order valence-electron chi connectivity index (χ4n) is 3.01. The molecule has 164 valence electrons. The molecule has 1 aliphatic rings. The van der Waals surface area contributed by atoms with E-state index in [2.05, 4.69) is 15.3 Å². The van der Waals surface area contributed by atoms with Crippen molar-refractivity contribution in [2.45, 2.75) is 32.2 Å². The molecule has 0 radical (unpaired) electrons. The van der Waals surface area contributed by atoms with Gasteiger partial charge in [-0.15, -0.1) is 0 Å². The first kappa shape index (κ1) is 21.0. The van der Waals surface area contributed by atoms with E-state index in [-0.39, 0.29) is 43.2 Å². The highest BCUT2D eigenvalue weighted by Crippen LogP contribution is 2.48. The molecular weight excluding hydrogens is 415 g/mol. The molecule has 1 amide bonds. The van der Waals surface area contributed by atoms with Crippen LogP contribution in [0.4, 0.5) is 13.2 Å². The first-order chi connectivity index (χ1) is 14.7. The SMILES string of the molecule is CC(=O)N[C@@H](C)COc1cc2oc(-c3ccc(OC[C@H]4CC4(F)F)c(F)c3)nc2cn1. The summed E-state index contributed by atoms with van der Waals surface area (Å²) in [6.45, 7) is 3.20. The molecule has 1 N–H and O–H groups in total. The first-order valence-electron chi connectivity index (χ1n) is 9.68. The molecule has 2 heterocycles. The molecule has 0 spiro atoms. The van der Waals surface area contributed by atoms with Crippen LogP contribution in [0.1, 0.15) is 20.3 Å². The minimum atomic E-state index is -2.72. The van der Waals surface area contributed by atoms with E-state index in [1.807, 2.05) is 0 Å². The largest absolute Gasteiger partial charge is 0.490 e. The second kappa shape index (κ2) is 8.09. The molecule has 10 heteroatoms. The monoisotopic (exact) mass is 435 g/mol. The molecule has 0 unspecified atom stereocenters. The summed E-state index contributed by atoms with van der Waals surface area (Å²) < 4.78 is 56.6. The van der Waals surface area contributed by atoms with Gasteiger partial charge in [-0.3, -0.25) is 4.79 Å². The number of fused-ring (bicyclic) bond motifs is 1. The summed E-state index contributed by atoms with van der Waals surface area (Å²) in [7, 11) is 0. The lowest BCUT2D eigenvalue weighted by molar-refractivity contribution is -0.119. The fraction of sp³-hybridized carbons (Fsp3) is 0.381. The average molecular weight is 435 g/mol. The van der Waals surface area contributed by atoms with Gasteiger partial charge >= 0.3 is 0 Å². The molecule has 2 atom stereocenters. The molecule has 7 nitrogen and oxygen atoms in total. The molecule has 0 aliphatic heterocycles. The third-order valence-electron chi connectivity index (χ3n) is 4.76. The Morgan fingerprint density at radius 3 is 2.81 bits per heavy atom. The Kier molecular flexibility index (Phi) is 5.47. The van der Waals surface area contributed by atoms with E-state index in [1.54, 1.807) is 13.0 Å². The first-order valence-corrected chi connectivity index (χ1v) is 9.68. The standard InChI is InChI=1S/C21H20F3N3O4/c1-11(26-12(2)28)9-30-19-6-18-16(8-25-19)27-20(31-18)13-3-4-17(15(22)5-13)29-10-14-7-21(14,23)24/h3-6,8,11,14H,7,9-10H2,1-2H3,(H,26,28)/t11-,14+/m0/s1. The molecule has 1 fully saturated rings. The van der Waals surface area contributed by atoms with Gasteiger partial charge in [0, 0.05) is 25.0 Å². The number of aromatic nitrogens is 2. The van der Waals surface area contributed by atoms with Gasteiger partial charge in [0.05, 0.1) is 24.8 Å². The van der Waals surface area contributed by atoms with E-state index in [9.17, 15) is 18.0 Å². The van der Waals surface area contributed by atoms with Crippen molar-refractivity contribution in [2.24, 2.45) is 5.92 Å². The van der Waals surface area contributed by atoms with Gasteiger partial charge < -0.3 is 19.2 Å². The zero-order chi connectivity index (χ0) is 22.2. The van der Waals surface area contributed by atoms with Gasteiger partial charge in [-0.2, -0.15) is 0 Å². The zero-order valence-electron chi connectivity index (χ0n) is 16.8. The summed E-state index contributed by atoms with van der Waals surface area (Å²) in [5, 5.41) is 2.70. The minimum Gasteiger partial charge on any atom is -0.490 e. The van der Waals surface area contributed by atoms with Crippen molar-refractivity contribution in [3.05, 3.63) is 36.3 Å². The highest BCUT2D eigenvalue weighted by molar-refractivity contribution is 5.76. The number of hydrogen-bond acceptors (Lipinski definition) is 6. The highest BCUT2D eigenvalue weighted by atomic mass is 19.3. The normalized spacial score (nSPS) is 17.9. The third-order valence-corrected chi connectivity index (χ3v) is 4.76. The van der Waals surface area contributed by atoms with E-state index >= 15 is 0 Å². The van der Waals surface area contributed by atoms with Gasteiger partial charge in [-0.25, -0.2) is 23.1 Å². The number of rotatable bonds is 8. The van der Waals surface area contributed by atoms with Gasteiger partial charge in [0.2, 0.25) is 17.7 Å². The Morgan fingerprint density at radius 1 is 1.35 bits per heavy atom. The molecule has 0 saturated heterocycles. The number of nitrogens with one attached hydrogen (secondary N) is 1. The maximum Gasteiger partial charge on any atom is 0.255 e. The maximum atomic E-state index is 14.3. The lowest BCUT2D eigenvalue weighted by Crippen LogP contribution is -2.35. The Balaban J connectivity index is 1.44. The molecule has 1 aliphatic carbocycles. The minimum absolute atomic E-state index is 0.104. The number of pyridine rings is 1. The van der Waals surface area contributed by atoms with Crippen LogP contribution >= 0.6 is 0 Å². The van der Waals surface area contributed by atoms with Crippen LogP contribution in [0.25, 0.3) is 22.6 Å². The van der Waals surface area contributed by atoms with Gasteiger partial charge in [-0.05, 0) is 25.1 Å². The number of carbonyl (C=O) groups excluding carboxylic acids is 1. The summed E-state index contributed by atoms with van der Waals surface area (Å²) in [6, 6.07) is 5.42. The second-order valence-corrected chi connectivity index (χ2v) is 7.54. The maximum absolute atomic E-state index is 14.3. The summed E-state index contributed by atoms with van der Waals surface area (Å²) in [6.07, 6.45) is 1.23. The second-order valence-electron chi connectivity index (χ2n) is 7.54. The van der Waals surface area contributed by atoms with Crippen molar-refractivity contribution in [1.29, 1.82) is 0 Å². The average Bonchev–Trinajstić information content (AvgIpc) is 3.11. The smallest absolute Gasteiger partial charge is 0.255 e. The van der Waals surface area contributed by atoms with Crippen molar-refractivity contribution in [1.82, 2.24) is 15.3 Å². The lowest BCUT2D eigenvalue weighted by Gasteiger charge is -2.12. The number of benzene rings is 1. The Labute approximate surface area is 175 Å². The quantitative estimate of drug-likeness (QED) is 0.576. The number of alkyl halides is 2. The number of amides is 1. The van der Waals surface area contributed by atoms with Crippen LogP contribution in [0.5, 0.6) is 11.6 Å². The predicted octanol–water partition coefficient (Wildman–Crippen LogP) is 3.97. The highest BCUT2D eigenvalue weighted by Gasteiger charge is 2.57. The third kappa shape index (κ3) is 4.89. The molecular formula is C21H20F3N3O4. The van der Waals surface area contributed by atoms with Crippen LogP contribution in [-0.2, 0) is 4.79 Å². The van der Waals surface area contributed by atoms with Gasteiger partial charge in [0.1, 0.15) is 12.1 Å². The summed E-state index contributed by atoms with van der Waals surface area (Å²) in [5.74, 6) is -4.08. The van der Waals surface area contributed by atoms with E-state index in [0.29, 0.717) is 22.5 Å². The zero-order valence-corrected chi connectivity index (χ0v) is 16.8. The molecule has 1 saturated carbocycles. The van der Waals surface area contributed by atoms with Crippen LogP contribution < -0.4 is 14.8 Å². The van der Waals surface area contributed by atoms with Crippen molar-refractivity contribution in [3.63, 3.8) is 0 Å². The van der Waals surface area contributed by atoms with Crippen LogP contribution in [-0.4, -0.2) is 41.1 Å². The van der Waals surface area contributed by atoms with Crippen molar-refractivity contribution in [2.75, 3.05) is 13.2 Å².